The Morgan fingerprint density at radius 1 is 0.867 bits per heavy atom. The third-order valence-corrected chi connectivity index (χ3v) is 5.80. The summed E-state index contributed by atoms with van der Waals surface area (Å²) in [5, 5.41) is 0.658. The normalized spacial score (nSPS) is 14.7. The molecule has 0 radical (unpaired) electrons. The molecule has 1 aliphatic heterocycles. The van der Waals surface area contributed by atoms with Crippen molar-refractivity contribution in [2.75, 3.05) is 23.9 Å². The quantitative estimate of drug-likeness (QED) is 0.501. The summed E-state index contributed by atoms with van der Waals surface area (Å²) in [7, 11) is 4.05. The fourth-order valence-corrected chi connectivity index (χ4v) is 4.39. The second kappa shape index (κ2) is 8.59. The van der Waals surface area contributed by atoms with Crippen molar-refractivity contribution >= 4 is 46.0 Å². The fourth-order valence-electron chi connectivity index (χ4n) is 3.44. The van der Waals surface area contributed by atoms with Gasteiger partial charge in [-0.2, -0.15) is 4.99 Å². The van der Waals surface area contributed by atoms with Crippen LogP contribution in [0, 0.1) is 6.92 Å². The van der Waals surface area contributed by atoms with Gasteiger partial charge in [0.25, 0.3) is 5.91 Å². The van der Waals surface area contributed by atoms with Crippen molar-refractivity contribution in [1.29, 1.82) is 0 Å². The molecule has 0 aliphatic carbocycles. The van der Waals surface area contributed by atoms with E-state index in [2.05, 4.69) is 28.9 Å². The number of rotatable bonds is 4. The fraction of sp³-hybridized carbons (Fsp3) is 0.120. The molecule has 1 heterocycles. The summed E-state index contributed by atoms with van der Waals surface area (Å²) >= 11 is 1.40. The van der Waals surface area contributed by atoms with E-state index in [9.17, 15) is 4.79 Å². The number of carbonyl (C=O) groups excluding carboxylic acids is 1. The van der Waals surface area contributed by atoms with Crippen molar-refractivity contribution in [3.05, 3.63) is 94.9 Å². The maximum Gasteiger partial charge on any atom is 0.286 e. The average molecular weight is 414 g/mol. The summed E-state index contributed by atoms with van der Waals surface area (Å²) in [5.41, 5.74) is 5.27. The Bertz CT molecular complexity index is 1080. The van der Waals surface area contributed by atoms with Crippen molar-refractivity contribution in [2.45, 2.75) is 6.92 Å². The van der Waals surface area contributed by atoms with Crippen LogP contribution >= 0.6 is 11.8 Å². The number of anilines is 3. The molecule has 0 saturated carbocycles. The first-order chi connectivity index (χ1) is 14.5. The molecular weight excluding hydrogens is 390 g/mol. The Hall–Kier alpha value is -3.31. The molecule has 3 aromatic rings. The molecule has 30 heavy (non-hydrogen) atoms. The zero-order chi connectivity index (χ0) is 21.1. The maximum absolute atomic E-state index is 12.7. The average Bonchev–Trinajstić information content (AvgIpc) is 3.09. The molecule has 0 unspecified atom stereocenters. The number of para-hydroxylation sites is 2. The van der Waals surface area contributed by atoms with Crippen LogP contribution in [0.1, 0.15) is 11.1 Å². The van der Waals surface area contributed by atoms with Crippen LogP contribution in [0.5, 0.6) is 0 Å². The van der Waals surface area contributed by atoms with E-state index in [1.807, 2.05) is 91.8 Å². The van der Waals surface area contributed by atoms with Crippen molar-refractivity contribution in [2.24, 2.45) is 4.99 Å². The predicted octanol–water partition coefficient (Wildman–Crippen LogP) is 5.87. The number of nitrogens with zero attached hydrogens (tertiary/aromatic N) is 3. The Balaban J connectivity index is 1.66. The zero-order valence-corrected chi connectivity index (χ0v) is 18.1. The van der Waals surface area contributed by atoms with Crippen molar-refractivity contribution in [1.82, 2.24) is 0 Å². The van der Waals surface area contributed by atoms with E-state index in [1.54, 1.807) is 0 Å². The third kappa shape index (κ3) is 4.16. The molecule has 0 N–H and O–H groups in total. The van der Waals surface area contributed by atoms with Gasteiger partial charge in [0, 0.05) is 31.2 Å². The van der Waals surface area contributed by atoms with Crippen LogP contribution in [0.4, 0.5) is 17.1 Å². The minimum absolute atomic E-state index is 0.207. The van der Waals surface area contributed by atoms with Crippen LogP contribution in [-0.4, -0.2) is 25.2 Å². The number of amides is 1. The van der Waals surface area contributed by atoms with Crippen LogP contribution in [0.2, 0.25) is 0 Å². The Morgan fingerprint density at radius 3 is 2.00 bits per heavy atom. The molecule has 5 heteroatoms. The van der Waals surface area contributed by atoms with E-state index < -0.39 is 0 Å². The lowest BCUT2D eigenvalue weighted by molar-refractivity contribution is -0.113. The van der Waals surface area contributed by atoms with Gasteiger partial charge in [-0.05, 0) is 72.3 Å². The smallest absolute Gasteiger partial charge is 0.286 e. The summed E-state index contributed by atoms with van der Waals surface area (Å²) in [4.78, 5) is 21.8. The van der Waals surface area contributed by atoms with Crippen LogP contribution in [0.3, 0.4) is 0 Å². The molecule has 0 bridgehead atoms. The lowest BCUT2D eigenvalue weighted by Gasteiger charge is -2.23. The first-order valence-electron chi connectivity index (χ1n) is 9.74. The highest BCUT2D eigenvalue weighted by Crippen LogP contribution is 2.36. The van der Waals surface area contributed by atoms with Crippen LogP contribution in [0.25, 0.3) is 6.08 Å². The van der Waals surface area contributed by atoms with E-state index in [0.29, 0.717) is 10.1 Å². The Labute approximate surface area is 181 Å². The van der Waals surface area contributed by atoms with E-state index in [-0.39, 0.29) is 5.91 Å². The summed E-state index contributed by atoms with van der Waals surface area (Å²) in [5.74, 6) is -0.207. The number of carbonyl (C=O) groups is 1. The molecular formula is C25H23N3OS. The highest BCUT2D eigenvalue weighted by Gasteiger charge is 2.28. The summed E-state index contributed by atoms with van der Waals surface area (Å²) in [6.07, 6.45) is 1.92. The molecule has 0 spiro atoms. The lowest BCUT2D eigenvalue weighted by Crippen LogP contribution is -2.21. The minimum Gasteiger partial charge on any atom is -0.377 e. The van der Waals surface area contributed by atoms with Gasteiger partial charge >= 0.3 is 0 Å². The molecule has 3 aromatic carbocycles. The first-order valence-corrected chi connectivity index (χ1v) is 10.6. The molecule has 1 amide bonds. The molecule has 4 rings (SSSR count). The standard InChI is InChI=1S/C25H23N3OS/c1-18-16-19(14-15-22(18)27(2)3)17-23-24(29)26-25(30-23)28(20-10-6-4-7-11-20)21-12-8-5-9-13-21/h4-17H,1-3H3/b23-17+. The molecule has 1 aliphatic rings. The highest BCUT2D eigenvalue weighted by molar-refractivity contribution is 8.18. The van der Waals surface area contributed by atoms with Crippen molar-refractivity contribution < 1.29 is 4.79 Å². The third-order valence-electron chi connectivity index (χ3n) is 4.83. The second-order valence-corrected chi connectivity index (χ2v) is 8.27. The minimum atomic E-state index is -0.207. The van der Waals surface area contributed by atoms with Gasteiger partial charge in [-0.15, -0.1) is 0 Å². The highest BCUT2D eigenvalue weighted by atomic mass is 32.2. The van der Waals surface area contributed by atoms with E-state index in [4.69, 9.17) is 0 Å². The predicted molar refractivity (Wildman–Crippen MR) is 129 cm³/mol. The SMILES string of the molecule is Cc1cc(/C=C2/SC(N(c3ccccc3)c3ccccc3)=NC2=O)ccc1N(C)C. The first kappa shape index (κ1) is 20.0. The van der Waals surface area contributed by atoms with E-state index in [0.717, 1.165) is 16.9 Å². The van der Waals surface area contributed by atoms with Gasteiger partial charge in [0.05, 0.1) is 4.91 Å². The summed E-state index contributed by atoms with van der Waals surface area (Å²) < 4.78 is 0. The lowest BCUT2D eigenvalue weighted by atomic mass is 10.1. The number of thioether (sulfide) groups is 1. The summed E-state index contributed by atoms with van der Waals surface area (Å²) in [6.45, 7) is 2.08. The number of aliphatic imine (C=N–C) groups is 1. The molecule has 0 fully saturated rings. The van der Waals surface area contributed by atoms with Crippen LogP contribution < -0.4 is 9.80 Å². The van der Waals surface area contributed by atoms with E-state index >= 15 is 0 Å². The van der Waals surface area contributed by atoms with Crippen LogP contribution in [-0.2, 0) is 4.79 Å². The van der Waals surface area contributed by atoms with Crippen molar-refractivity contribution in [3.63, 3.8) is 0 Å². The zero-order valence-electron chi connectivity index (χ0n) is 17.2. The van der Waals surface area contributed by atoms with Gasteiger partial charge in [-0.3, -0.25) is 9.69 Å². The summed E-state index contributed by atoms with van der Waals surface area (Å²) in [6, 6.07) is 26.2. The monoisotopic (exact) mass is 413 g/mol. The number of benzene rings is 3. The number of hydrogen-bond acceptors (Lipinski definition) is 4. The van der Waals surface area contributed by atoms with Crippen molar-refractivity contribution in [3.8, 4) is 0 Å². The second-order valence-electron chi connectivity index (χ2n) is 7.26. The molecule has 0 saturated heterocycles. The van der Waals surface area contributed by atoms with Gasteiger partial charge in [-0.1, -0.05) is 42.5 Å². The molecule has 0 aromatic heterocycles. The largest absolute Gasteiger partial charge is 0.377 e. The molecule has 4 nitrogen and oxygen atoms in total. The Kier molecular flexibility index (Phi) is 5.72. The van der Waals surface area contributed by atoms with Gasteiger partial charge in [0.1, 0.15) is 0 Å². The number of amidine groups is 1. The molecule has 150 valence electrons. The molecule has 0 atom stereocenters. The van der Waals surface area contributed by atoms with Gasteiger partial charge < -0.3 is 4.90 Å². The Morgan fingerprint density at radius 2 is 1.47 bits per heavy atom. The van der Waals surface area contributed by atoms with Gasteiger partial charge in [0.15, 0.2) is 5.17 Å². The van der Waals surface area contributed by atoms with Gasteiger partial charge in [0.2, 0.25) is 0 Å². The van der Waals surface area contributed by atoms with E-state index in [1.165, 1.54) is 23.0 Å². The number of aryl methyl sites for hydroxylation is 1. The topological polar surface area (TPSA) is 35.9 Å². The number of hydrogen-bond donors (Lipinski definition) is 0. The maximum atomic E-state index is 12.7. The van der Waals surface area contributed by atoms with Crippen LogP contribution in [0.15, 0.2) is 88.8 Å². The van der Waals surface area contributed by atoms with Gasteiger partial charge in [-0.25, -0.2) is 0 Å².